The Bertz CT molecular complexity index is 1670. The first-order chi connectivity index (χ1) is 21.5. The van der Waals surface area contributed by atoms with E-state index >= 15 is 26.3 Å². The van der Waals surface area contributed by atoms with Crippen molar-refractivity contribution in [2.75, 3.05) is 0 Å². The lowest BCUT2D eigenvalue weighted by Gasteiger charge is -2.29. The van der Waals surface area contributed by atoms with E-state index in [4.69, 9.17) is 11.0 Å². The van der Waals surface area contributed by atoms with Crippen molar-refractivity contribution in [2.45, 2.75) is 12.4 Å². The van der Waals surface area contributed by atoms with E-state index in [1.165, 1.54) is 0 Å². The lowest BCUT2D eigenvalue weighted by atomic mass is 9.77. The third kappa shape index (κ3) is 4.70. The molecule has 5 aromatic rings. The topological polar surface area (TPSA) is 0 Å². The van der Waals surface area contributed by atoms with Crippen LogP contribution in [-0.4, -0.2) is 0 Å². The maximum Gasteiger partial charge on any atom is 0.417 e. The monoisotopic (exact) mass is 526 g/mol. The Balaban J connectivity index is 2.35. The zero-order valence-electron chi connectivity index (χ0n) is 27.2. The molecule has 0 aliphatic carbocycles. The van der Waals surface area contributed by atoms with Gasteiger partial charge in [-0.15, -0.1) is 0 Å². The highest BCUT2D eigenvalue weighted by molar-refractivity contribution is 6.02. The number of rotatable bonds is 4. The van der Waals surface area contributed by atoms with Gasteiger partial charge in [0.2, 0.25) is 0 Å². The second kappa shape index (κ2) is 9.86. The van der Waals surface area contributed by atoms with Crippen LogP contribution in [0.3, 0.4) is 0 Å². The molecule has 0 radical (unpaired) electrons. The summed E-state index contributed by atoms with van der Waals surface area (Å²) in [4.78, 5) is 0. The quantitative estimate of drug-likeness (QED) is 0.204. The Kier molecular flexibility index (Phi) is 4.47. The van der Waals surface area contributed by atoms with E-state index in [1.54, 1.807) is 0 Å². The molecule has 0 aromatic heterocycles. The summed E-state index contributed by atoms with van der Waals surface area (Å²) in [6, 6.07) is 6.23. The zero-order valence-corrected chi connectivity index (χ0v) is 19.2. The van der Waals surface area contributed by atoms with Gasteiger partial charge in [0, 0.05) is 22.3 Å². The smallest absolute Gasteiger partial charge is 0.166 e. The molecular weight excluding hydrogens is 498 g/mol. The SMILES string of the molecule is [2H]c1cccc([2H])c1-c1c(-c2c([2H])cccc2[2H])c(C(F)(F)F)c(-c2c([2H])cccc2[2H])c(-c2c([2H])cccc2[2H])c1C(F)(F)F. The molecule has 5 aromatic carbocycles. The van der Waals surface area contributed by atoms with Crippen LogP contribution in [0.4, 0.5) is 26.3 Å². The standard InChI is InChI=1S/C32H20F6/c33-31(34,35)29-25(21-13-5-1-6-14-21)26(22-15-7-2-8-16-22)30(32(36,37)38)28(24-19-11-4-12-20-24)27(29)23-17-9-3-10-18-23/h1-20H/i13D,14D,15D,16D,17D,18D,19D,20D. The van der Waals surface area contributed by atoms with Gasteiger partial charge in [-0.25, -0.2) is 0 Å². The molecule has 0 N–H and O–H groups in total. The fraction of sp³-hybridized carbons (Fsp3) is 0.0625. The van der Waals surface area contributed by atoms with Crippen molar-refractivity contribution in [1.29, 1.82) is 0 Å². The third-order valence-electron chi connectivity index (χ3n) is 5.66. The minimum Gasteiger partial charge on any atom is -0.166 e. The molecule has 6 heteroatoms. The maximum absolute atomic E-state index is 15.7. The Morgan fingerprint density at radius 3 is 0.684 bits per heavy atom. The number of hydrogen-bond acceptors (Lipinski definition) is 0. The van der Waals surface area contributed by atoms with Crippen LogP contribution in [0.15, 0.2) is 121 Å². The molecule has 5 rings (SSSR count). The Labute approximate surface area is 227 Å². The molecule has 0 amide bonds. The highest BCUT2D eigenvalue weighted by Crippen LogP contribution is 2.56. The van der Waals surface area contributed by atoms with Crippen LogP contribution in [0.1, 0.15) is 22.1 Å². The molecule has 0 aliphatic rings. The highest BCUT2D eigenvalue weighted by atomic mass is 19.4. The molecule has 0 atom stereocenters. The second-order valence-electron chi connectivity index (χ2n) is 8.00. The normalized spacial score (nSPS) is 14.9. The van der Waals surface area contributed by atoms with Crippen molar-refractivity contribution in [3.05, 3.63) is 132 Å². The number of hydrogen-bond donors (Lipinski definition) is 0. The zero-order chi connectivity index (χ0) is 33.9. The van der Waals surface area contributed by atoms with Gasteiger partial charge in [-0.1, -0.05) is 121 Å². The van der Waals surface area contributed by atoms with Crippen molar-refractivity contribution in [3.63, 3.8) is 0 Å². The van der Waals surface area contributed by atoms with E-state index in [0.29, 0.717) is 0 Å². The van der Waals surface area contributed by atoms with Gasteiger partial charge < -0.3 is 0 Å². The van der Waals surface area contributed by atoms with Crippen LogP contribution in [0.2, 0.25) is 0 Å². The van der Waals surface area contributed by atoms with Crippen molar-refractivity contribution in [1.82, 2.24) is 0 Å². The van der Waals surface area contributed by atoms with E-state index in [1.807, 2.05) is 0 Å². The van der Waals surface area contributed by atoms with Crippen molar-refractivity contribution in [3.8, 4) is 44.5 Å². The maximum atomic E-state index is 15.7. The first kappa shape index (κ1) is 17.2. The van der Waals surface area contributed by atoms with Crippen molar-refractivity contribution in [2.24, 2.45) is 0 Å². The van der Waals surface area contributed by atoms with Crippen LogP contribution in [0, 0.1) is 0 Å². The molecule has 0 heterocycles. The fourth-order valence-electron chi connectivity index (χ4n) is 4.30. The van der Waals surface area contributed by atoms with E-state index in [-0.39, 0.29) is 0 Å². The van der Waals surface area contributed by atoms with Gasteiger partial charge in [-0.05, 0) is 22.3 Å². The molecule has 38 heavy (non-hydrogen) atoms. The predicted octanol–water partition coefficient (Wildman–Crippen LogP) is 10.4. The lowest BCUT2D eigenvalue weighted by Crippen LogP contribution is -2.18. The first-order valence-corrected chi connectivity index (χ1v) is 11.1. The van der Waals surface area contributed by atoms with Crippen LogP contribution in [-0.2, 0) is 12.4 Å². The summed E-state index contributed by atoms with van der Waals surface area (Å²) in [5.41, 5.74) is -12.7. The van der Waals surface area contributed by atoms with Crippen LogP contribution >= 0.6 is 0 Å². The lowest BCUT2D eigenvalue weighted by molar-refractivity contribution is -0.139. The Hall–Kier alpha value is -4.32. The summed E-state index contributed by atoms with van der Waals surface area (Å²) in [6.45, 7) is 0. The minimum absolute atomic E-state index is 0.771. The van der Waals surface area contributed by atoms with Gasteiger partial charge in [0.15, 0.2) is 0 Å². The van der Waals surface area contributed by atoms with Crippen LogP contribution in [0.25, 0.3) is 44.5 Å². The van der Waals surface area contributed by atoms with E-state index < -0.39 is 116 Å². The summed E-state index contributed by atoms with van der Waals surface area (Å²) in [6.07, 6.45) is -11.2. The second-order valence-corrected chi connectivity index (χ2v) is 8.00. The van der Waals surface area contributed by atoms with E-state index in [9.17, 15) is 0 Å². The summed E-state index contributed by atoms with van der Waals surface area (Å²) in [7, 11) is 0. The van der Waals surface area contributed by atoms with Gasteiger partial charge in [0.05, 0.1) is 22.1 Å². The molecule has 0 nitrogen and oxygen atoms in total. The average Bonchev–Trinajstić information content (AvgIpc) is 2.92. The third-order valence-corrected chi connectivity index (χ3v) is 5.66. The summed E-state index contributed by atoms with van der Waals surface area (Å²) >= 11 is 0. The molecule has 0 fully saturated rings. The number of benzene rings is 5. The van der Waals surface area contributed by atoms with E-state index in [0.717, 1.165) is 72.8 Å². The molecule has 0 saturated heterocycles. The molecule has 0 unspecified atom stereocenters. The number of alkyl halides is 6. The fourth-order valence-corrected chi connectivity index (χ4v) is 4.30. The summed E-state index contributed by atoms with van der Waals surface area (Å²) in [5.74, 6) is 0. The van der Waals surface area contributed by atoms with Crippen LogP contribution in [0.5, 0.6) is 0 Å². The van der Waals surface area contributed by atoms with Gasteiger partial charge in [0.25, 0.3) is 0 Å². The van der Waals surface area contributed by atoms with Crippen LogP contribution < -0.4 is 0 Å². The van der Waals surface area contributed by atoms with E-state index in [2.05, 4.69) is 0 Å². The Morgan fingerprint density at radius 1 is 0.342 bits per heavy atom. The molecular formula is C32H20F6. The summed E-state index contributed by atoms with van der Waals surface area (Å²) in [5, 5.41) is 0. The van der Waals surface area contributed by atoms with Crippen molar-refractivity contribution < 1.29 is 37.3 Å². The molecule has 0 saturated carbocycles. The first-order valence-electron chi connectivity index (χ1n) is 15.1. The van der Waals surface area contributed by atoms with Gasteiger partial charge in [-0.2, -0.15) is 26.3 Å². The highest BCUT2D eigenvalue weighted by Gasteiger charge is 2.46. The Morgan fingerprint density at radius 2 is 0.526 bits per heavy atom. The average molecular weight is 527 g/mol. The van der Waals surface area contributed by atoms with Gasteiger partial charge >= 0.3 is 12.4 Å². The van der Waals surface area contributed by atoms with Crippen molar-refractivity contribution >= 4 is 0 Å². The molecule has 0 spiro atoms. The predicted molar refractivity (Wildman–Crippen MR) is 138 cm³/mol. The number of halogens is 6. The van der Waals surface area contributed by atoms with Gasteiger partial charge in [-0.3, -0.25) is 0 Å². The molecule has 0 bridgehead atoms. The molecule has 190 valence electrons. The largest absolute Gasteiger partial charge is 0.417 e. The molecule has 0 aliphatic heterocycles. The minimum atomic E-state index is -5.61. The van der Waals surface area contributed by atoms with Gasteiger partial charge in [0.1, 0.15) is 0 Å². The summed E-state index contributed by atoms with van der Waals surface area (Å²) < 4.78 is 162.